The predicted molar refractivity (Wildman–Crippen MR) is 55.9 cm³/mol. The average Bonchev–Trinajstić information content (AvgIpc) is 3.03. The number of anilines is 2. The highest BCUT2D eigenvalue weighted by Crippen LogP contribution is 2.20. The molecular weight excluding hydrogens is 210 g/mol. The smallest absolute Gasteiger partial charge is 0.151 e. The molecule has 0 fully saturated rings. The molecule has 0 unspecified atom stereocenters. The number of hydrazine groups is 2. The number of aromatic nitrogens is 1. The molecule has 3 rings (SSSR count). The van der Waals surface area contributed by atoms with E-state index >= 15 is 0 Å². The number of rotatable bonds is 2. The van der Waals surface area contributed by atoms with Crippen molar-refractivity contribution in [2.75, 3.05) is 10.0 Å². The van der Waals surface area contributed by atoms with Crippen LogP contribution in [0.4, 0.5) is 11.5 Å². The molecule has 0 saturated heterocycles. The molecule has 0 amide bonds. The highest BCUT2D eigenvalue weighted by atomic mass is 16.7. The molecule has 82 valence electrons. The molecule has 0 saturated carbocycles. The minimum atomic E-state index is 0.716. The van der Waals surface area contributed by atoms with Crippen molar-refractivity contribution in [1.82, 2.24) is 16.2 Å². The zero-order valence-electron chi connectivity index (χ0n) is 8.20. The minimum Gasteiger partial charge on any atom is -0.395 e. The maximum absolute atomic E-state index is 4.88. The van der Waals surface area contributed by atoms with Crippen LogP contribution < -0.4 is 21.2 Å². The van der Waals surface area contributed by atoms with Gasteiger partial charge in [0.25, 0.3) is 0 Å². The summed E-state index contributed by atoms with van der Waals surface area (Å²) >= 11 is 0. The van der Waals surface area contributed by atoms with E-state index in [4.69, 9.17) is 9.68 Å². The summed E-state index contributed by atoms with van der Waals surface area (Å²) in [5.41, 5.74) is 6.26. The van der Waals surface area contributed by atoms with Crippen molar-refractivity contribution in [3.63, 3.8) is 0 Å². The van der Waals surface area contributed by atoms with Crippen LogP contribution in [0.2, 0.25) is 0 Å². The summed E-state index contributed by atoms with van der Waals surface area (Å²) in [4.78, 5) is 14.0. The van der Waals surface area contributed by atoms with Gasteiger partial charge in [-0.05, 0) is 6.07 Å². The topological polar surface area (TPSA) is 61.9 Å². The molecule has 0 aromatic carbocycles. The van der Waals surface area contributed by atoms with Crippen LogP contribution in [0.1, 0.15) is 0 Å². The van der Waals surface area contributed by atoms with Gasteiger partial charge in [-0.3, -0.25) is 0 Å². The van der Waals surface area contributed by atoms with Gasteiger partial charge in [0, 0.05) is 12.3 Å². The second-order valence-electron chi connectivity index (χ2n) is 3.10. The molecule has 16 heavy (non-hydrogen) atoms. The van der Waals surface area contributed by atoms with Crippen molar-refractivity contribution in [3.05, 3.63) is 43.3 Å². The van der Waals surface area contributed by atoms with Crippen molar-refractivity contribution in [2.24, 2.45) is 0 Å². The first-order valence-electron chi connectivity index (χ1n) is 4.64. The Bertz CT molecular complexity index is 410. The fourth-order valence-electron chi connectivity index (χ4n) is 1.37. The standard InChI is InChI=1S/C9H9N5O2/c1-2-10-9(14-4-6-16-12-14)7-8(1)13-3-5-15-11-13/h1-7,11-12H. The Labute approximate surface area is 91.4 Å². The van der Waals surface area contributed by atoms with Crippen LogP contribution >= 0.6 is 0 Å². The summed E-state index contributed by atoms with van der Waals surface area (Å²) in [6.07, 6.45) is 8.29. The lowest BCUT2D eigenvalue weighted by molar-refractivity contribution is 0.157. The Hall–Kier alpha value is -2.25. The zero-order chi connectivity index (χ0) is 10.8. The molecule has 3 heterocycles. The molecule has 1 aromatic heterocycles. The number of nitrogens with zero attached hydrogens (tertiary/aromatic N) is 3. The van der Waals surface area contributed by atoms with Crippen LogP contribution in [0, 0.1) is 0 Å². The fraction of sp³-hybridized carbons (Fsp3) is 0. The van der Waals surface area contributed by atoms with E-state index in [1.165, 1.54) is 6.26 Å². The van der Waals surface area contributed by atoms with E-state index < -0.39 is 0 Å². The van der Waals surface area contributed by atoms with Crippen molar-refractivity contribution in [2.45, 2.75) is 0 Å². The van der Waals surface area contributed by atoms with E-state index in [-0.39, 0.29) is 0 Å². The van der Waals surface area contributed by atoms with Crippen LogP contribution in [0.25, 0.3) is 0 Å². The molecule has 7 nitrogen and oxygen atoms in total. The highest BCUT2D eigenvalue weighted by Gasteiger charge is 2.13. The molecule has 2 aliphatic heterocycles. The summed E-state index contributed by atoms with van der Waals surface area (Å²) in [5.74, 6) is 0.716. The monoisotopic (exact) mass is 219 g/mol. The van der Waals surface area contributed by atoms with Crippen molar-refractivity contribution >= 4 is 11.5 Å². The minimum absolute atomic E-state index is 0.716. The van der Waals surface area contributed by atoms with Crippen LogP contribution in [0.15, 0.2) is 43.3 Å². The molecule has 0 aliphatic carbocycles. The quantitative estimate of drug-likeness (QED) is 0.752. The SMILES string of the molecule is C1=CN(c2ccnc(N3C=CON3)c2)NO1. The number of pyridine rings is 1. The van der Waals surface area contributed by atoms with E-state index in [1.54, 1.807) is 34.9 Å². The van der Waals surface area contributed by atoms with Crippen LogP contribution in [-0.2, 0) is 9.68 Å². The Kier molecular flexibility index (Phi) is 2.10. The van der Waals surface area contributed by atoms with Crippen LogP contribution in [0.3, 0.4) is 0 Å². The first-order valence-corrected chi connectivity index (χ1v) is 4.64. The largest absolute Gasteiger partial charge is 0.395 e. The molecule has 0 spiro atoms. The molecule has 2 N–H and O–H groups in total. The van der Waals surface area contributed by atoms with Gasteiger partial charge in [0.2, 0.25) is 0 Å². The van der Waals surface area contributed by atoms with E-state index in [0.29, 0.717) is 5.82 Å². The average molecular weight is 219 g/mol. The second-order valence-corrected chi connectivity index (χ2v) is 3.10. The van der Waals surface area contributed by atoms with Gasteiger partial charge in [-0.1, -0.05) is 11.2 Å². The van der Waals surface area contributed by atoms with Gasteiger partial charge < -0.3 is 9.68 Å². The second kappa shape index (κ2) is 3.72. The van der Waals surface area contributed by atoms with E-state index in [2.05, 4.69) is 16.2 Å². The van der Waals surface area contributed by atoms with Crippen molar-refractivity contribution in [3.8, 4) is 0 Å². The van der Waals surface area contributed by atoms with Gasteiger partial charge in [0.1, 0.15) is 12.5 Å². The summed E-state index contributed by atoms with van der Waals surface area (Å²) in [7, 11) is 0. The number of nitrogens with one attached hydrogen (secondary N) is 2. The summed E-state index contributed by atoms with van der Waals surface area (Å²) in [6, 6.07) is 3.73. The normalized spacial score (nSPS) is 17.8. The number of hydrogen-bond acceptors (Lipinski definition) is 7. The van der Waals surface area contributed by atoms with Gasteiger partial charge in [0.05, 0.1) is 18.1 Å². The molecule has 7 heteroatoms. The third-order valence-electron chi connectivity index (χ3n) is 2.11. The molecule has 0 radical (unpaired) electrons. The first-order chi connectivity index (χ1) is 7.93. The Morgan fingerprint density at radius 1 is 1.06 bits per heavy atom. The third kappa shape index (κ3) is 1.53. The summed E-state index contributed by atoms with van der Waals surface area (Å²) in [5, 5.41) is 3.38. The van der Waals surface area contributed by atoms with E-state index in [9.17, 15) is 0 Å². The fourth-order valence-corrected chi connectivity index (χ4v) is 1.37. The molecule has 0 bridgehead atoms. The van der Waals surface area contributed by atoms with E-state index in [0.717, 1.165) is 5.69 Å². The van der Waals surface area contributed by atoms with E-state index in [1.807, 2.05) is 12.1 Å². The Morgan fingerprint density at radius 2 is 1.81 bits per heavy atom. The summed E-state index contributed by atoms with van der Waals surface area (Å²) < 4.78 is 0. The zero-order valence-corrected chi connectivity index (χ0v) is 8.20. The van der Waals surface area contributed by atoms with Crippen LogP contribution in [0.5, 0.6) is 0 Å². The van der Waals surface area contributed by atoms with Gasteiger partial charge in [-0.2, -0.15) is 0 Å². The predicted octanol–water partition coefficient (Wildman–Crippen LogP) is 0.536. The van der Waals surface area contributed by atoms with Crippen LogP contribution in [-0.4, -0.2) is 4.98 Å². The van der Waals surface area contributed by atoms with Gasteiger partial charge >= 0.3 is 0 Å². The molecule has 0 atom stereocenters. The van der Waals surface area contributed by atoms with Gasteiger partial charge in [0.15, 0.2) is 5.82 Å². The maximum Gasteiger partial charge on any atom is 0.151 e. The lowest BCUT2D eigenvalue weighted by Gasteiger charge is -2.17. The van der Waals surface area contributed by atoms with Gasteiger partial charge in [-0.25, -0.2) is 15.0 Å². The summed E-state index contributed by atoms with van der Waals surface area (Å²) in [6.45, 7) is 0. The highest BCUT2D eigenvalue weighted by molar-refractivity contribution is 5.56. The van der Waals surface area contributed by atoms with Crippen molar-refractivity contribution in [1.29, 1.82) is 0 Å². The van der Waals surface area contributed by atoms with Gasteiger partial charge in [-0.15, -0.1) is 0 Å². The van der Waals surface area contributed by atoms with Crippen molar-refractivity contribution < 1.29 is 9.68 Å². The maximum atomic E-state index is 4.88. The Balaban J connectivity index is 1.87. The molecule has 2 aliphatic rings. The molecular formula is C9H9N5O2. The first kappa shape index (κ1) is 9.01. The lowest BCUT2D eigenvalue weighted by atomic mass is 10.4. The Morgan fingerprint density at radius 3 is 2.50 bits per heavy atom. The molecule has 1 aromatic rings. The third-order valence-corrected chi connectivity index (χ3v) is 2.11. The number of hydrogen-bond donors (Lipinski definition) is 2. The lowest BCUT2D eigenvalue weighted by Crippen LogP contribution is -2.29.